The first-order valence-corrected chi connectivity index (χ1v) is 9.98. The molecule has 0 spiro atoms. The van der Waals surface area contributed by atoms with Gasteiger partial charge in [0.25, 0.3) is 5.91 Å². The molecule has 3 rings (SSSR count). The van der Waals surface area contributed by atoms with E-state index in [1.807, 2.05) is 23.1 Å². The summed E-state index contributed by atoms with van der Waals surface area (Å²) in [5.41, 5.74) is 1.53. The maximum Gasteiger partial charge on any atom is 0.257 e. The van der Waals surface area contributed by atoms with Crippen LogP contribution < -0.4 is 5.32 Å². The zero-order chi connectivity index (χ0) is 18.4. The van der Waals surface area contributed by atoms with E-state index in [0.717, 1.165) is 36.4 Å². The highest BCUT2D eigenvalue weighted by Crippen LogP contribution is 2.19. The van der Waals surface area contributed by atoms with Crippen molar-refractivity contribution >= 4 is 28.3 Å². The fourth-order valence-electron chi connectivity index (χ4n) is 3.00. The molecule has 0 unspecified atom stereocenters. The minimum atomic E-state index is -0.198. The van der Waals surface area contributed by atoms with Gasteiger partial charge in [0.05, 0.1) is 0 Å². The van der Waals surface area contributed by atoms with Crippen LogP contribution in [0.4, 0.5) is 5.13 Å². The van der Waals surface area contributed by atoms with Gasteiger partial charge in [-0.3, -0.25) is 14.9 Å². The fraction of sp³-hybridized carbons (Fsp3) is 0.474. The van der Waals surface area contributed by atoms with Gasteiger partial charge in [0.1, 0.15) is 5.01 Å². The molecule has 1 N–H and O–H groups in total. The van der Waals surface area contributed by atoms with E-state index >= 15 is 0 Å². The van der Waals surface area contributed by atoms with Crippen molar-refractivity contribution in [2.24, 2.45) is 0 Å². The van der Waals surface area contributed by atoms with Gasteiger partial charge in [-0.2, -0.15) is 0 Å². The molecule has 0 atom stereocenters. The molecule has 1 aliphatic rings. The number of nitrogens with zero attached hydrogens (tertiary/aromatic N) is 3. The average Bonchev–Trinajstić information content (AvgIpc) is 3.25. The molecule has 1 fully saturated rings. The number of likely N-dealkylation sites (tertiary alicyclic amines) is 1. The molecule has 26 heavy (non-hydrogen) atoms. The van der Waals surface area contributed by atoms with Crippen LogP contribution in [0.25, 0.3) is 0 Å². The summed E-state index contributed by atoms with van der Waals surface area (Å²) in [6.45, 7) is 3.51. The van der Waals surface area contributed by atoms with Gasteiger partial charge in [-0.25, -0.2) is 0 Å². The summed E-state index contributed by atoms with van der Waals surface area (Å²) in [5, 5.41) is 12.5. The smallest absolute Gasteiger partial charge is 0.257 e. The Kier molecular flexibility index (Phi) is 6.33. The number of carbonyl (C=O) groups excluding carboxylic acids is 2. The molecular weight excluding hydrogens is 348 g/mol. The van der Waals surface area contributed by atoms with E-state index in [4.69, 9.17) is 0 Å². The molecular formula is C19H24N4O2S. The first kappa shape index (κ1) is 18.5. The number of carbonyl (C=O) groups is 2. The van der Waals surface area contributed by atoms with Crippen LogP contribution in [-0.4, -0.2) is 33.5 Å². The lowest BCUT2D eigenvalue weighted by atomic mass is 10.1. The van der Waals surface area contributed by atoms with Crippen molar-refractivity contribution in [2.75, 3.05) is 11.9 Å². The zero-order valence-corrected chi connectivity index (χ0v) is 15.8. The first-order chi connectivity index (χ1) is 12.7. The zero-order valence-electron chi connectivity index (χ0n) is 15.0. The predicted octanol–water partition coefficient (Wildman–Crippen LogP) is 3.65. The monoisotopic (exact) mass is 372 g/mol. The number of rotatable bonds is 8. The van der Waals surface area contributed by atoms with Gasteiger partial charge < -0.3 is 4.90 Å². The molecule has 1 saturated heterocycles. The van der Waals surface area contributed by atoms with E-state index in [1.165, 1.54) is 24.2 Å². The van der Waals surface area contributed by atoms with Crippen LogP contribution in [0.5, 0.6) is 0 Å². The third kappa shape index (κ3) is 4.88. The second-order valence-electron chi connectivity index (χ2n) is 6.53. The summed E-state index contributed by atoms with van der Waals surface area (Å²) >= 11 is 1.43. The van der Waals surface area contributed by atoms with Crippen molar-refractivity contribution in [1.82, 2.24) is 15.1 Å². The molecule has 0 saturated carbocycles. The Bertz CT molecular complexity index is 774. The lowest BCUT2D eigenvalue weighted by molar-refractivity contribution is -0.128. The van der Waals surface area contributed by atoms with Gasteiger partial charge in [0.15, 0.2) is 0 Å². The summed E-state index contributed by atoms with van der Waals surface area (Å²) in [4.78, 5) is 26.1. The van der Waals surface area contributed by atoms with Gasteiger partial charge in [-0.05, 0) is 30.5 Å². The van der Waals surface area contributed by atoms with E-state index in [2.05, 4.69) is 22.4 Å². The lowest BCUT2D eigenvalue weighted by Crippen LogP contribution is -2.24. The lowest BCUT2D eigenvalue weighted by Gasteiger charge is -2.15. The van der Waals surface area contributed by atoms with Crippen molar-refractivity contribution in [3.05, 3.63) is 40.4 Å². The first-order valence-electron chi connectivity index (χ1n) is 9.16. The van der Waals surface area contributed by atoms with Crippen molar-refractivity contribution < 1.29 is 9.59 Å². The van der Waals surface area contributed by atoms with Gasteiger partial charge in [0.2, 0.25) is 11.0 Å². The molecule has 0 bridgehead atoms. The van der Waals surface area contributed by atoms with Crippen molar-refractivity contribution in [3.8, 4) is 0 Å². The quantitative estimate of drug-likeness (QED) is 0.718. The number of hydrogen-bond acceptors (Lipinski definition) is 5. The van der Waals surface area contributed by atoms with Crippen LogP contribution in [0.1, 0.15) is 60.0 Å². The minimum absolute atomic E-state index is 0.185. The Morgan fingerprint density at radius 1 is 1.31 bits per heavy atom. The third-order valence-corrected chi connectivity index (χ3v) is 5.31. The topological polar surface area (TPSA) is 75.2 Å². The van der Waals surface area contributed by atoms with Crippen LogP contribution >= 0.6 is 11.3 Å². The Labute approximate surface area is 157 Å². The highest BCUT2D eigenvalue weighted by Gasteiger charge is 2.20. The maximum atomic E-state index is 12.5. The van der Waals surface area contributed by atoms with E-state index in [1.54, 1.807) is 6.07 Å². The largest absolute Gasteiger partial charge is 0.338 e. The third-order valence-electron chi connectivity index (χ3n) is 4.42. The maximum absolute atomic E-state index is 12.5. The Balaban J connectivity index is 1.59. The molecule has 2 heterocycles. The summed E-state index contributed by atoms with van der Waals surface area (Å²) in [6, 6.07) is 7.40. The predicted molar refractivity (Wildman–Crippen MR) is 102 cm³/mol. The van der Waals surface area contributed by atoms with Crippen molar-refractivity contribution in [2.45, 2.75) is 52.0 Å². The minimum Gasteiger partial charge on any atom is -0.338 e. The van der Waals surface area contributed by atoms with Crippen LogP contribution in [0.3, 0.4) is 0 Å². The molecule has 2 aromatic rings. The number of amides is 2. The number of nitrogens with one attached hydrogen (secondary N) is 1. The van der Waals surface area contributed by atoms with E-state index in [0.29, 0.717) is 23.7 Å². The van der Waals surface area contributed by atoms with Gasteiger partial charge in [0, 0.05) is 31.5 Å². The summed E-state index contributed by atoms with van der Waals surface area (Å²) < 4.78 is 0. The molecule has 1 aromatic carbocycles. The van der Waals surface area contributed by atoms with Gasteiger partial charge in [-0.1, -0.05) is 43.2 Å². The number of aryl methyl sites for hydroxylation is 1. The van der Waals surface area contributed by atoms with Crippen LogP contribution in [-0.2, 0) is 17.8 Å². The SMILES string of the molecule is CCCCCc1nnc(NC(=O)c2cccc(CN3CCCC3=O)c2)s1. The highest BCUT2D eigenvalue weighted by atomic mass is 32.1. The van der Waals surface area contributed by atoms with Crippen LogP contribution in [0.2, 0.25) is 0 Å². The van der Waals surface area contributed by atoms with Crippen LogP contribution in [0, 0.1) is 0 Å². The molecule has 2 amide bonds. The number of hydrogen-bond donors (Lipinski definition) is 1. The van der Waals surface area contributed by atoms with E-state index in [9.17, 15) is 9.59 Å². The molecule has 6 nitrogen and oxygen atoms in total. The van der Waals surface area contributed by atoms with Crippen molar-refractivity contribution in [1.29, 1.82) is 0 Å². The number of anilines is 1. The normalized spacial score (nSPS) is 14.0. The number of benzene rings is 1. The van der Waals surface area contributed by atoms with Crippen molar-refractivity contribution in [3.63, 3.8) is 0 Å². The average molecular weight is 372 g/mol. The molecule has 1 aromatic heterocycles. The van der Waals surface area contributed by atoms with E-state index in [-0.39, 0.29) is 11.8 Å². The summed E-state index contributed by atoms with van der Waals surface area (Å²) in [5.74, 6) is -0.0137. The standard InChI is InChI=1S/C19H24N4O2S/c1-2-3-4-9-16-21-22-19(26-16)20-18(25)15-8-5-7-14(12-15)13-23-11-6-10-17(23)24/h5,7-8,12H,2-4,6,9-11,13H2,1H3,(H,20,22,25). The Hall–Kier alpha value is -2.28. The summed E-state index contributed by atoms with van der Waals surface area (Å²) in [6.07, 6.45) is 5.88. The molecule has 7 heteroatoms. The molecule has 1 aliphatic heterocycles. The van der Waals surface area contributed by atoms with E-state index < -0.39 is 0 Å². The fourth-order valence-corrected chi connectivity index (χ4v) is 3.78. The van der Waals surface area contributed by atoms with Gasteiger partial charge in [-0.15, -0.1) is 10.2 Å². The number of unbranched alkanes of at least 4 members (excludes halogenated alkanes) is 2. The van der Waals surface area contributed by atoms with Crippen LogP contribution in [0.15, 0.2) is 24.3 Å². The highest BCUT2D eigenvalue weighted by molar-refractivity contribution is 7.15. The number of aromatic nitrogens is 2. The van der Waals surface area contributed by atoms with Gasteiger partial charge >= 0.3 is 0 Å². The molecule has 0 radical (unpaired) electrons. The summed E-state index contributed by atoms with van der Waals surface area (Å²) in [7, 11) is 0. The molecule has 0 aliphatic carbocycles. The Morgan fingerprint density at radius 2 is 2.19 bits per heavy atom. The Morgan fingerprint density at radius 3 is 2.96 bits per heavy atom. The second-order valence-corrected chi connectivity index (χ2v) is 7.59. The molecule has 138 valence electrons. The second kappa shape index (κ2) is 8.89.